The van der Waals surface area contributed by atoms with Crippen LogP contribution in [0.15, 0.2) is 53.0 Å². The van der Waals surface area contributed by atoms with Crippen LogP contribution in [0, 0.1) is 5.41 Å². The highest BCUT2D eigenvalue weighted by molar-refractivity contribution is 9.10. The van der Waals surface area contributed by atoms with Gasteiger partial charge in [0.15, 0.2) is 0 Å². The van der Waals surface area contributed by atoms with Gasteiger partial charge in [0.05, 0.1) is 4.86 Å². The molecule has 0 fully saturated rings. The highest BCUT2D eigenvalue weighted by Gasteiger charge is 2.23. The first-order valence-electron chi connectivity index (χ1n) is 7.86. The van der Waals surface area contributed by atoms with Crippen molar-refractivity contribution >= 4 is 56.4 Å². The van der Waals surface area contributed by atoms with E-state index < -0.39 is 18.2 Å². The van der Waals surface area contributed by atoms with Crippen LogP contribution in [0.25, 0.3) is 0 Å². The largest absolute Gasteiger partial charge is 0.442 e. The minimum atomic E-state index is -0.725. The van der Waals surface area contributed by atoms with E-state index in [4.69, 9.17) is 34.0 Å². The number of carbonyl (C=O) groups is 1. The van der Waals surface area contributed by atoms with Crippen LogP contribution in [0.3, 0.4) is 0 Å². The first-order valence-corrected chi connectivity index (χ1v) is 9.44. The summed E-state index contributed by atoms with van der Waals surface area (Å²) in [5, 5.41) is 11.2. The molecule has 0 aromatic heterocycles. The van der Waals surface area contributed by atoms with Crippen LogP contribution >= 0.6 is 39.7 Å². The molecule has 2 aromatic carbocycles. The Balaban J connectivity index is 2.08. The second-order valence-corrected chi connectivity index (χ2v) is 7.46. The number of amides is 1. The maximum Gasteiger partial charge on any atom is 0.408 e. The average Bonchev–Trinajstić information content (AvgIpc) is 2.59. The van der Waals surface area contributed by atoms with Crippen molar-refractivity contribution in [3.05, 3.63) is 69.2 Å². The molecule has 4 nitrogen and oxygen atoms in total. The number of nitrogens with one attached hydrogen (secondary N) is 2. The fraction of sp³-hybridized carbons (Fsp3) is 0.211. The molecular weight excluding hydrogens is 436 g/mol. The second kappa shape index (κ2) is 9.26. The van der Waals surface area contributed by atoms with E-state index in [1.54, 1.807) is 26.0 Å². The Morgan fingerprint density at radius 1 is 1.23 bits per heavy atom. The quantitative estimate of drug-likeness (QED) is 0.334. The topological polar surface area (TPSA) is 62.2 Å². The number of hydrogen-bond acceptors (Lipinski definition) is 4. The molecule has 0 aliphatic carbocycles. The molecule has 2 atom stereocenters. The minimum Gasteiger partial charge on any atom is -0.442 e. The fourth-order valence-corrected chi connectivity index (χ4v) is 3.26. The van der Waals surface area contributed by atoms with Gasteiger partial charge in [0.2, 0.25) is 0 Å². The van der Waals surface area contributed by atoms with E-state index in [-0.39, 0.29) is 5.71 Å². The van der Waals surface area contributed by atoms with Gasteiger partial charge in [-0.2, -0.15) is 0 Å². The monoisotopic (exact) mass is 452 g/mol. The maximum absolute atomic E-state index is 12.3. The van der Waals surface area contributed by atoms with Crippen molar-refractivity contribution in [1.82, 2.24) is 5.32 Å². The lowest BCUT2D eigenvalue weighted by Crippen LogP contribution is -2.45. The Bertz CT molecular complexity index is 827. The van der Waals surface area contributed by atoms with Crippen LogP contribution in [0.5, 0.6) is 0 Å². The highest BCUT2D eigenvalue weighted by atomic mass is 79.9. The minimum absolute atomic E-state index is 0.222. The van der Waals surface area contributed by atoms with Gasteiger partial charge in [0, 0.05) is 20.8 Å². The predicted molar refractivity (Wildman–Crippen MR) is 113 cm³/mol. The molecule has 2 N–H and O–H groups in total. The summed E-state index contributed by atoms with van der Waals surface area (Å²) in [6.45, 7) is 3.33. The van der Waals surface area contributed by atoms with Gasteiger partial charge in [-0.05, 0) is 37.6 Å². The van der Waals surface area contributed by atoms with Crippen LogP contribution < -0.4 is 5.32 Å². The summed E-state index contributed by atoms with van der Waals surface area (Å²) in [5.41, 5.74) is 1.70. The molecule has 0 radical (unpaired) electrons. The first kappa shape index (κ1) is 20.6. The molecule has 0 heterocycles. The molecule has 0 aliphatic rings. The second-order valence-electron chi connectivity index (χ2n) is 5.70. The smallest absolute Gasteiger partial charge is 0.408 e. The van der Waals surface area contributed by atoms with Gasteiger partial charge < -0.3 is 15.5 Å². The van der Waals surface area contributed by atoms with Crippen molar-refractivity contribution in [2.24, 2.45) is 0 Å². The number of rotatable bonds is 6. The van der Waals surface area contributed by atoms with Crippen molar-refractivity contribution < 1.29 is 9.53 Å². The molecule has 26 heavy (non-hydrogen) atoms. The third-order valence-corrected chi connectivity index (χ3v) is 5.06. The molecule has 2 unspecified atom stereocenters. The predicted octanol–water partition coefficient (Wildman–Crippen LogP) is 5.72. The van der Waals surface area contributed by atoms with E-state index >= 15 is 0 Å². The van der Waals surface area contributed by atoms with E-state index in [1.165, 1.54) is 0 Å². The van der Waals surface area contributed by atoms with Crippen molar-refractivity contribution in [2.45, 2.75) is 26.0 Å². The summed E-state index contributed by atoms with van der Waals surface area (Å²) in [4.78, 5) is 12.8. The standard InChI is InChI=1S/C19H18BrClN2O2S/c1-11(22)17(18(26)13-7-9-14(20)10-8-13)23-19(24)25-12(2)15-5-3-4-6-16(15)21/h3-10,12,17,22H,1-2H3,(H,23,24). The number of thiocarbonyl (C=S) groups is 1. The Hall–Kier alpha value is -1.76. The van der Waals surface area contributed by atoms with Gasteiger partial charge >= 0.3 is 6.09 Å². The Labute approximate surface area is 171 Å². The molecular formula is C19H18BrClN2O2S. The van der Waals surface area contributed by atoms with E-state index in [0.29, 0.717) is 15.5 Å². The third-order valence-electron chi connectivity index (χ3n) is 3.71. The average molecular weight is 454 g/mol. The van der Waals surface area contributed by atoms with Crippen molar-refractivity contribution in [1.29, 1.82) is 5.41 Å². The van der Waals surface area contributed by atoms with Crippen molar-refractivity contribution in [3.8, 4) is 0 Å². The van der Waals surface area contributed by atoms with E-state index in [0.717, 1.165) is 10.0 Å². The molecule has 136 valence electrons. The molecule has 0 bridgehead atoms. The number of halogens is 2. The summed E-state index contributed by atoms with van der Waals surface area (Å²) in [6, 6.07) is 13.8. The molecule has 2 aromatic rings. The van der Waals surface area contributed by atoms with Crippen LogP contribution in [-0.4, -0.2) is 22.7 Å². The summed E-state index contributed by atoms with van der Waals surface area (Å²) < 4.78 is 6.33. The Kier molecular flexibility index (Phi) is 7.32. The zero-order valence-corrected chi connectivity index (χ0v) is 17.4. The van der Waals surface area contributed by atoms with Gasteiger partial charge in [0.25, 0.3) is 0 Å². The number of benzene rings is 2. The van der Waals surface area contributed by atoms with Crippen LogP contribution in [0.1, 0.15) is 31.1 Å². The summed E-state index contributed by atoms with van der Waals surface area (Å²) in [5.74, 6) is 0. The molecule has 0 saturated carbocycles. The summed E-state index contributed by atoms with van der Waals surface area (Å²) in [6.07, 6.45) is -1.19. The fourth-order valence-electron chi connectivity index (χ4n) is 2.33. The number of hydrogen-bond donors (Lipinski definition) is 2. The van der Waals surface area contributed by atoms with E-state index in [9.17, 15) is 4.79 Å². The first-order chi connectivity index (χ1) is 12.3. The molecule has 0 aliphatic heterocycles. The van der Waals surface area contributed by atoms with Gasteiger partial charge in [-0.3, -0.25) is 0 Å². The third kappa shape index (κ3) is 5.37. The Morgan fingerprint density at radius 2 is 1.85 bits per heavy atom. The van der Waals surface area contributed by atoms with Crippen molar-refractivity contribution in [3.63, 3.8) is 0 Å². The highest BCUT2D eigenvalue weighted by Crippen LogP contribution is 2.25. The SMILES string of the molecule is CC(=N)C(NC(=O)OC(C)c1ccccc1Cl)C(=S)c1ccc(Br)cc1. The number of ether oxygens (including phenoxy) is 1. The normalized spacial score (nSPS) is 12.8. The van der Waals surface area contributed by atoms with Gasteiger partial charge in [-0.15, -0.1) is 0 Å². The lowest BCUT2D eigenvalue weighted by Gasteiger charge is -2.21. The summed E-state index contributed by atoms with van der Waals surface area (Å²) >= 11 is 15.0. The van der Waals surface area contributed by atoms with E-state index in [1.807, 2.05) is 36.4 Å². The molecule has 0 saturated heterocycles. The van der Waals surface area contributed by atoms with Crippen LogP contribution in [0.2, 0.25) is 5.02 Å². The van der Waals surface area contributed by atoms with Gasteiger partial charge in [0.1, 0.15) is 12.1 Å². The van der Waals surface area contributed by atoms with Gasteiger partial charge in [-0.25, -0.2) is 4.79 Å². The lowest BCUT2D eigenvalue weighted by atomic mass is 10.0. The molecule has 2 rings (SSSR count). The number of carbonyl (C=O) groups excluding carboxylic acids is 1. The van der Waals surface area contributed by atoms with Crippen molar-refractivity contribution in [2.75, 3.05) is 0 Å². The molecule has 0 spiro atoms. The maximum atomic E-state index is 12.3. The number of alkyl carbamates (subject to hydrolysis) is 1. The van der Waals surface area contributed by atoms with Crippen LogP contribution in [0.4, 0.5) is 4.79 Å². The van der Waals surface area contributed by atoms with Crippen LogP contribution in [-0.2, 0) is 4.74 Å². The van der Waals surface area contributed by atoms with Gasteiger partial charge in [-0.1, -0.05) is 70.1 Å². The zero-order chi connectivity index (χ0) is 19.3. The molecule has 7 heteroatoms. The van der Waals surface area contributed by atoms with E-state index in [2.05, 4.69) is 21.2 Å². The zero-order valence-electron chi connectivity index (χ0n) is 14.3. The Morgan fingerprint density at radius 3 is 2.42 bits per heavy atom. The summed E-state index contributed by atoms with van der Waals surface area (Å²) in [7, 11) is 0. The lowest BCUT2D eigenvalue weighted by molar-refractivity contribution is 0.107. The molecule has 1 amide bonds.